The minimum atomic E-state index is -2.85. The standard InChI is InChI=1S/C23H25N3O3S/c1-14-4-7-21-19(10-14)15(2)29-22-11-17(13-26-23(22)24)20-12-18(30(3,25)27)6-5-16(20)8-9-28-21/h4-7,10-13,15,25H,8-9H2,1-3H3,(H2,24,26)/t15-,30?/m1/s1. The second-order valence-electron chi connectivity index (χ2n) is 7.67. The Morgan fingerprint density at radius 3 is 2.73 bits per heavy atom. The number of aryl methyl sites for hydroxylation is 1. The van der Waals surface area contributed by atoms with E-state index in [9.17, 15) is 4.21 Å². The number of anilines is 1. The lowest BCUT2D eigenvalue weighted by Gasteiger charge is -2.22. The topological polar surface area (TPSA) is 98.3 Å². The van der Waals surface area contributed by atoms with Gasteiger partial charge in [0.05, 0.1) is 16.3 Å². The highest BCUT2D eigenvalue weighted by Gasteiger charge is 2.19. The quantitative estimate of drug-likeness (QED) is 0.588. The fourth-order valence-electron chi connectivity index (χ4n) is 3.62. The van der Waals surface area contributed by atoms with Gasteiger partial charge < -0.3 is 15.2 Å². The highest BCUT2D eigenvalue weighted by Crippen LogP contribution is 2.36. The van der Waals surface area contributed by atoms with E-state index in [1.165, 1.54) is 6.26 Å². The molecule has 2 bridgehead atoms. The summed E-state index contributed by atoms with van der Waals surface area (Å²) in [5.74, 6) is 1.56. The van der Waals surface area contributed by atoms with Crippen molar-refractivity contribution in [3.63, 3.8) is 0 Å². The number of rotatable bonds is 1. The molecule has 156 valence electrons. The van der Waals surface area contributed by atoms with E-state index in [0.29, 0.717) is 29.5 Å². The minimum absolute atomic E-state index is 0.285. The summed E-state index contributed by atoms with van der Waals surface area (Å²) < 4.78 is 32.6. The van der Waals surface area contributed by atoms with Gasteiger partial charge in [0.1, 0.15) is 11.9 Å². The molecular weight excluding hydrogens is 398 g/mol. The van der Waals surface area contributed by atoms with Crippen molar-refractivity contribution in [3.05, 3.63) is 65.4 Å². The number of benzene rings is 2. The lowest BCUT2D eigenvalue weighted by molar-refractivity contribution is 0.217. The molecule has 0 fully saturated rings. The van der Waals surface area contributed by atoms with Crippen molar-refractivity contribution in [2.45, 2.75) is 31.3 Å². The van der Waals surface area contributed by atoms with E-state index < -0.39 is 9.73 Å². The van der Waals surface area contributed by atoms with Gasteiger partial charge in [-0.05, 0) is 55.3 Å². The average molecular weight is 424 g/mol. The smallest absolute Gasteiger partial charge is 0.166 e. The Balaban J connectivity index is 1.88. The van der Waals surface area contributed by atoms with E-state index >= 15 is 0 Å². The molecule has 1 aliphatic heterocycles. The number of ether oxygens (including phenoxy) is 2. The molecule has 6 nitrogen and oxygen atoms in total. The molecule has 0 spiro atoms. The van der Waals surface area contributed by atoms with Crippen molar-refractivity contribution >= 4 is 15.5 Å². The number of aromatic nitrogens is 1. The molecule has 1 unspecified atom stereocenters. The molecule has 0 aliphatic carbocycles. The number of nitrogens with one attached hydrogen (secondary N) is 1. The van der Waals surface area contributed by atoms with Crippen LogP contribution in [-0.4, -0.2) is 22.1 Å². The Hall–Kier alpha value is -3.06. The van der Waals surface area contributed by atoms with Gasteiger partial charge in [0.25, 0.3) is 0 Å². The zero-order valence-corrected chi connectivity index (χ0v) is 18.1. The molecule has 0 saturated carbocycles. The maximum absolute atomic E-state index is 12.3. The van der Waals surface area contributed by atoms with Crippen molar-refractivity contribution in [2.24, 2.45) is 0 Å². The van der Waals surface area contributed by atoms with Gasteiger partial charge in [-0.3, -0.25) is 0 Å². The highest BCUT2D eigenvalue weighted by molar-refractivity contribution is 7.91. The van der Waals surface area contributed by atoms with Crippen LogP contribution in [0.25, 0.3) is 11.1 Å². The first-order valence-electron chi connectivity index (χ1n) is 9.75. The normalized spacial score (nSPS) is 17.8. The van der Waals surface area contributed by atoms with Crippen LogP contribution in [0.2, 0.25) is 0 Å². The SMILES string of the molecule is Cc1ccc2c(c1)[C@@H](C)Oc1cc(cnc1N)-c1cc(S(C)(=N)=O)ccc1CCO2. The number of fused-ring (bicyclic) bond motifs is 5. The van der Waals surface area contributed by atoms with E-state index in [0.717, 1.165) is 33.6 Å². The third-order valence-electron chi connectivity index (χ3n) is 5.26. The van der Waals surface area contributed by atoms with Gasteiger partial charge in [-0.2, -0.15) is 0 Å². The summed E-state index contributed by atoms with van der Waals surface area (Å²) in [5, 5.41) is 0. The van der Waals surface area contributed by atoms with Crippen LogP contribution in [0.5, 0.6) is 11.5 Å². The number of nitrogens with zero attached hydrogens (tertiary/aromatic N) is 1. The van der Waals surface area contributed by atoms with Crippen molar-refractivity contribution in [1.29, 1.82) is 4.78 Å². The summed E-state index contributed by atoms with van der Waals surface area (Å²) in [4.78, 5) is 4.81. The third-order valence-corrected chi connectivity index (χ3v) is 6.41. The van der Waals surface area contributed by atoms with Crippen LogP contribution in [0.4, 0.5) is 5.82 Å². The summed E-state index contributed by atoms with van der Waals surface area (Å²) in [5.41, 5.74) is 10.9. The third kappa shape index (κ3) is 3.98. The number of nitrogens with two attached hydrogens (primary N) is 1. The van der Waals surface area contributed by atoms with E-state index in [-0.39, 0.29) is 6.10 Å². The fraction of sp³-hybridized carbons (Fsp3) is 0.261. The summed E-state index contributed by atoms with van der Waals surface area (Å²) in [6.07, 6.45) is 3.47. The van der Waals surface area contributed by atoms with Crippen LogP contribution in [0.1, 0.15) is 29.7 Å². The molecule has 30 heavy (non-hydrogen) atoms. The number of hydrogen-bond acceptors (Lipinski definition) is 6. The maximum atomic E-state index is 12.3. The van der Waals surface area contributed by atoms with Gasteiger partial charge >= 0.3 is 0 Å². The van der Waals surface area contributed by atoms with Crippen LogP contribution in [0.3, 0.4) is 0 Å². The van der Waals surface area contributed by atoms with Gasteiger partial charge in [-0.25, -0.2) is 14.0 Å². The van der Waals surface area contributed by atoms with Crippen LogP contribution >= 0.6 is 0 Å². The molecule has 0 amide bonds. The van der Waals surface area contributed by atoms with Gasteiger partial charge in [-0.1, -0.05) is 17.7 Å². The van der Waals surface area contributed by atoms with E-state index in [2.05, 4.69) is 11.1 Å². The monoisotopic (exact) mass is 423 g/mol. The molecule has 3 aromatic rings. The van der Waals surface area contributed by atoms with Crippen molar-refractivity contribution < 1.29 is 13.7 Å². The average Bonchev–Trinajstić information content (AvgIpc) is 2.69. The van der Waals surface area contributed by atoms with E-state index in [1.807, 2.05) is 38.1 Å². The maximum Gasteiger partial charge on any atom is 0.166 e. The van der Waals surface area contributed by atoms with Crippen LogP contribution < -0.4 is 15.2 Å². The molecule has 2 heterocycles. The van der Waals surface area contributed by atoms with E-state index in [4.69, 9.17) is 20.0 Å². The minimum Gasteiger partial charge on any atom is -0.493 e. The molecule has 7 heteroatoms. The van der Waals surface area contributed by atoms with E-state index in [1.54, 1.807) is 18.3 Å². The lowest BCUT2D eigenvalue weighted by atomic mass is 9.98. The van der Waals surface area contributed by atoms with Crippen molar-refractivity contribution in [1.82, 2.24) is 4.98 Å². The van der Waals surface area contributed by atoms with Crippen molar-refractivity contribution in [2.75, 3.05) is 18.6 Å². The second-order valence-corrected chi connectivity index (χ2v) is 9.83. The largest absolute Gasteiger partial charge is 0.493 e. The fourth-order valence-corrected chi connectivity index (χ4v) is 4.29. The Kier molecular flexibility index (Phi) is 5.15. The zero-order valence-electron chi connectivity index (χ0n) is 17.3. The zero-order chi connectivity index (χ0) is 21.5. The Morgan fingerprint density at radius 2 is 1.97 bits per heavy atom. The van der Waals surface area contributed by atoms with Gasteiger partial charge in [-0.15, -0.1) is 0 Å². The Morgan fingerprint density at radius 1 is 1.17 bits per heavy atom. The molecule has 3 N–H and O–H groups in total. The molecule has 0 saturated heterocycles. The Bertz CT molecular complexity index is 1220. The van der Waals surface area contributed by atoms with Gasteiger partial charge in [0.2, 0.25) is 0 Å². The molecule has 0 radical (unpaired) electrons. The molecule has 4 rings (SSSR count). The predicted octanol–water partition coefficient (Wildman–Crippen LogP) is 4.75. The molecule has 1 aromatic heterocycles. The summed E-state index contributed by atoms with van der Waals surface area (Å²) in [6, 6.07) is 13.4. The number of pyridine rings is 1. The molecular formula is C23H25N3O3S. The first-order chi connectivity index (χ1) is 14.2. The number of hydrogen-bond donors (Lipinski definition) is 2. The molecule has 2 atom stereocenters. The summed E-state index contributed by atoms with van der Waals surface area (Å²) >= 11 is 0. The highest BCUT2D eigenvalue weighted by atomic mass is 32.2. The summed E-state index contributed by atoms with van der Waals surface area (Å²) in [7, 11) is -2.85. The Labute approximate surface area is 177 Å². The van der Waals surface area contributed by atoms with Crippen LogP contribution in [-0.2, 0) is 16.1 Å². The summed E-state index contributed by atoms with van der Waals surface area (Å²) in [6.45, 7) is 4.47. The van der Waals surface area contributed by atoms with Crippen LogP contribution in [0.15, 0.2) is 53.6 Å². The van der Waals surface area contributed by atoms with Crippen LogP contribution in [0, 0.1) is 11.7 Å². The molecule has 2 aromatic carbocycles. The van der Waals surface area contributed by atoms with Gasteiger partial charge in [0.15, 0.2) is 11.6 Å². The van der Waals surface area contributed by atoms with Gasteiger partial charge in [0, 0.05) is 34.9 Å². The lowest BCUT2D eigenvalue weighted by Crippen LogP contribution is -2.11. The number of nitrogen functional groups attached to an aromatic ring is 1. The van der Waals surface area contributed by atoms with Crippen molar-refractivity contribution in [3.8, 4) is 22.6 Å². The second kappa shape index (κ2) is 7.65. The predicted molar refractivity (Wildman–Crippen MR) is 119 cm³/mol. The molecule has 1 aliphatic rings. The first kappa shape index (κ1) is 20.2. The first-order valence-corrected chi connectivity index (χ1v) is 11.7.